The molecule has 0 aliphatic heterocycles. The van der Waals surface area contributed by atoms with Crippen LogP contribution in [0, 0.1) is 11.2 Å². The molecule has 4 aromatic rings. The molecule has 4 rings (SSSR count). The van der Waals surface area contributed by atoms with E-state index in [1.807, 2.05) is 37.3 Å². The van der Waals surface area contributed by atoms with Gasteiger partial charge in [0.2, 0.25) is 0 Å². The van der Waals surface area contributed by atoms with E-state index in [0.29, 0.717) is 34.4 Å². The van der Waals surface area contributed by atoms with Crippen LogP contribution < -0.4 is 27.8 Å². The molecule has 0 spiro atoms. The second kappa shape index (κ2) is 14.5. The van der Waals surface area contributed by atoms with Crippen molar-refractivity contribution in [2.24, 2.45) is 11.5 Å². The summed E-state index contributed by atoms with van der Waals surface area (Å²) >= 11 is 6.24. The number of aromatic nitrogens is 3. The van der Waals surface area contributed by atoms with Gasteiger partial charge in [0.25, 0.3) is 0 Å². The quantitative estimate of drug-likeness (QED) is 0.0650. The van der Waals surface area contributed by atoms with Crippen LogP contribution in [0.4, 0.5) is 4.39 Å². The molecule has 11 heteroatoms. The third-order valence-electron chi connectivity index (χ3n) is 7.44. The number of halogens is 2. The van der Waals surface area contributed by atoms with Gasteiger partial charge in [-0.1, -0.05) is 29.8 Å². The van der Waals surface area contributed by atoms with Crippen LogP contribution in [-0.4, -0.2) is 39.1 Å². The number of hydrogen-bond donors (Lipinski definition) is 6. The summed E-state index contributed by atoms with van der Waals surface area (Å²) in [6.07, 6.45) is 7.47. The van der Waals surface area contributed by atoms with E-state index in [1.165, 1.54) is 4.57 Å². The average Bonchev–Trinajstić information content (AvgIpc) is 3.36. The van der Waals surface area contributed by atoms with Crippen LogP contribution >= 0.6 is 11.6 Å². The third kappa shape index (κ3) is 8.31. The summed E-state index contributed by atoms with van der Waals surface area (Å²) in [6, 6.07) is 13.1. The van der Waals surface area contributed by atoms with Crippen molar-refractivity contribution in [2.75, 3.05) is 6.54 Å². The zero-order chi connectivity index (χ0) is 31.1. The average molecular weight is 607 g/mol. The SMILES string of the molecule is C=CC[C@@H](CCN[C@@H](C)c1ccc(-n2cc3cc(-c4cc(CCC[C@H](C)N)cc(Cl)c4F)[nH]c3nc2=O)cc1)NC(=N)N. The Bertz CT molecular complexity index is 1630. The molecule has 228 valence electrons. The van der Waals surface area contributed by atoms with Gasteiger partial charge in [0, 0.05) is 35.3 Å². The largest absolute Gasteiger partial charge is 0.370 e. The molecule has 2 aromatic heterocycles. The van der Waals surface area contributed by atoms with Crippen LogP contribution in [0.25, 0.3) is 28.0 Å². The first-order valence-electron chi connectivity index (χ1n) is 14.5. The number of benzene rings is 2. The highest BCUT2D eigenvalue weighted by Crippen LogP contribution is 2.31. The van der Waals surface area contributed by atoms with E-state index >= 15 is 4.39 Å². The maximum atomic E-state index is 15.1. The first-order chi connectivity index (χ1) is 20.5. The van der Waals surface area contributed by atoms with Crippen LogP contribution in [0.3, 0.4) is 0 Å². The van der Waals surface area contributed by atoms with Gasteiger partial charge in [-0.15, -0.1) is 6.58 Å². The zero-order valence-electron chi connectivity index (χ0n) is 24.6. The molecule has 0 aliphatic carbocycles. The molecule has 3 atom stereocenters. The number of hydrogen-bond acceptors (Lipinski definition) is 5. The maximum Gasteiger partial charge on any atom is 0.354 e. The standard InChI is InChI=1S/C32H40ClFN8O/c1-4-6-24(39-31(36)37)13-14-38-20(3)22-9-11-25(12-10-22)42-18-23-17-28(40-30(23)41-32(42)43)26-15-21(8-5-7-19(2)35)16-27(33)29(26)34/h4,9-12,15-20,24,38H,1,5-8,13-14,35H2,2-3H3,(H4,36,37,39)(H,40,41,43)/t19-,20-,24-/m0/s1. The van der Waals surface area contributed by atoms with Crippen molar-refractivity contribution in [3.63, 3.8) is 0 Å². The summed E-state index contributed by atoms with van der Waals surface area (Å²) < 4.78 is 16.6. The Morgan fingerprint density at radius 1 is 1.23 bits per heavy atom. The van der Waals surface area contributed by atoms with E-state index in [4.69, 9.17) is 28.5 Å². The summed E-state index contributed by atoms with van der Waals surface area (Å²) in [5.74, 6) is -0.576. The van der Waals surface area contributed by atoms with Gasteiger partial charge < -0.3 is 27.1 Å². The Kier molecular flexibility index (Phi) is 10.7. The summed E-state index contributed by atoms with van der Waals surface area (Å²) in [6.45, 7) is 8.52. The van der Waals surface area contributed by atoms with Gasteiger partial charge in [0.15, 0.2) is 11.8 Å². The van der Waals surface area contributed by atoms with Crippen LogP contribution in [0.2, 0.25) is 5.02 Å². The van der Waals surface area contributed by atoms with Crippen molar-refractivity contribution in [3.05, 3.63) is 93.8 Å². The van der Waals surface area contributed by atoms with Crippen molar-refractivity contribution in [2.45, 2.75) is 64.1 Å². The smallest absolute Gasteiger partial charge is 0.354 e. The van der Waals surface area contributed by atoms with Crippen LogP contribution in [0.1, 0.15) is 56.7 Å². The van der Waals surface area contributed by atoms with E-state index < -0.39 is 11.5 Å². The van der Waals surface area contributed by atoms with E-state index in [-0.39, 0.29) is 29.1 Å². The molecule has 0 saturated heterocycles. The molecule has 0 fully saturated rings. The second-order valence-corrected chi connectivity index (χ2v) is 11.4. The van der Waals surface area contributed by atoms with E-state index in [9.17, 15) is 4.79 Å². The number of nitrogens with one attached hydrogen (secondary N) is 4. The van der Waals surface area contributed by atoms with Gasteiger partial charge in [0.1, 0.15) is 5.65 Å². The number of aryl methyl sites for hydroxylation is 1. The molecular weight excluding hydrogens is 567 g/mol. The fraction of sp³-hybridized carbons (Fsp3) is 0.344. The zero-order valence-corrected chi connectivity index (χ0v) is 25.3. The summed E-state index contributed by atoms with van der Waals surface area (Å²) in [5.41, 5.74) is 14.7. The molecule has 0 saturated carbocycles. The lowest BCUT2D eigenvalue weighted by Gasteiger charge is -2.20. The highest BCUT2D eigenvalue weighted by atomic mass is 35.5. The fourth-order valence-electron chi connectivity index (χ4n) is 5.12. The van der Waals surface area contributed by atoms with Crippen LogP contribution in [0.15, 0.2) is 66.1 Å². The molecule has 0 unspecified atom stereocenters. The minimum atomic E-state index is -0.524. The normalized spacial score (nSPS) is 13.5. The predicted molar refractivity (Wildman–Crippen MR) is 173 cm³/mol. The van der Waals surface area contributed by atoms with Crippen molar-refractivity contribution in [1.82, 2.24) is 25.2 Å². The first kappa shape index (κ1) is 31.9. The molecule has 2 heterocycles. The minimum absolute atomic E-state index is 0.0444. The lowest BCUT2D eigenvalue weighted by molar-refractivity contribution is 0.493. The Morgan fingerprint density at radius 3 is 2.65 bits per heavy atom. The second-order valence-electron chi connectivity index (χ2n) is 11.0. The van der Waals surface area contributed by atoms with Gasteiger partial charge >= 0.3 is 5.69 Å². The Balaban J connectivity index is 1.50. The molecular formula is C32H40ClFN8O. The Labute approximate surface area is 256 Å². The molecule has 0 aliphatic rings. The number of guanidine groups is 1. The topological polar surface area (TPSA) is 151 Å². The first-order valence-corrected chi connectivity index (χ1v) is 14.8. The van der Waals surface area contributed by atoms with Gasteiger partial charge in [0.05, 0.1) is 16.4 Å². The molecule has 0 amide bonds. The molecule has 0 radical (unpaired) electrons. The fourth-order valence-corrected chi connectivity index (χ4v) is 5.37. The highest BCUT2D eigenvalue weighted by molar-refractivity contribution is 6.31. The molecule has 9 nitrogen and oxygen atoms in total. The highest BCUT2D eigenvalue weighted by Gasteiger charge is 2.16. The van der Waals surface area contributed by atoms with E-state index in [1.54, 1.807) is 24.4 Å². The number of fused-ring (bicyclic) bond motifs is 1. The van der Waals surface area contributed by atoms with E-state index in [0.717, 1.165) is 43.4 Å². The maximum absolute atomic E-state index is 15.1. The minimum Gasteiger partial charge on any atom is -0.370 e. The lowest BCUT2D eigenvalue weighted by Crippen LogP contribution is -2.40. The molecule has 8 N–H and O–H groups in total. The van der Waals surface area contributed by atoms with Gasteiger partial charge in [-0.2, -0.15) is 4.98 Å². The lowest BCUT2D eigenvalue weighted by atomic mass is 10.0. The summed E-state index contributed by atoms with van der Waals surface area (Å²) in [4.78, 5) is 20.3. The number of rotatable bonds is 14. The number of nitrogens with zero attached hydrogens (tertiary/aromatic N) is 2. The summed E-state index contributed by atoms with van der Waals surface area (Å²) in [7, 11) is 0. The van der Waals surface area contributed by atoms with Crippen LogP contribution in [-0.2, 0) is 6.42 Å². The molecule has 0 bridgehead atoms. The van der Waals surface area contributed by atoms with Crippen molar-refractivity contribution in [3.8, 4) is 16.9 Å². The van der Waals surface area contributed by atoms with Gasteiger partial charge in [-0.05, 0) is 94.0 Å². The molecule has 43 heavy (non-hydrogen) atoms. The van der Waals surface area contributed by atoms with E-state index in [2.05, 4.69) is 34.1 Å². The van der Waals surface area contributed by atoms with Crippen molar-refractivity contribution >= 4 is 28.6 Å². The number of nitrogens with two attached hydrogens (primary N) is 2. The monoisotopic (exact) mass is 606 g/mol. The Hall–Kier alpha value is -3.99. The van der Waals surface area contributed by atoms with Crippen LogP contribution in [0.5, 0.6) is 0 Å². The van der Waals surface area contributed by atoms with Crippen molar-refractivity contribution in [1.29, 1.82) is 5.41 Å². The summed E-state index contributed by atoms with van der Waals surface area (Å²) in [5, 5.41) is 14.6. The van der Waals surface area contributed by atoms with Crippen molar-refractivity contribution < 1.29 is 4.39 Å². The van der Waals surface area contributed by atoms with Gasteiger partial charge in [-0.3, -0.25) is 9.98 Å². The third-order valence-corrected chi connectivity index (χ3v) is 7.71. The number of H-pyrrole nitrogens is 1. The van der Waals surface area contributed by atoms with Gasteiger partial charge in [-0.25, -0.2) is 9.18 Å². The predicted octanol–water partition coefficient (Wildman–Crippen LogP) is 5.31. The number of aromatic amines is 1. The Morgan fingerprint density at radius 2 is 1.98 bits per heavy atom. The molecule has 2 aromatic carbocycles.